The number of nitriles is 1. The van der Waals surface area contributed by atoms with Crippen LogP contribution >= 0.6 is 11.6 Å². The molecule has 4 bridgehead atoms. The monoisotopic (exact) mass is 521 g/mol. The summed E-state index contributed by atoms with van der Waals surface area (Å²) in [6.45, 7) is 1.31. The number of aliphatic hydroxyl groups excluding tert-OH is 1. The Morgan fingerprint density at radius 2 is 1.86 bits per heavy atom. The van der Waals surface area contributed by atoms with Gasteiger partial charge in [-0.2, -0.15) is 10.2 Å². The normalized spacial score (nSPS) is 34.2. The van der Waals surface area contributed by atoms with Crippen molar-refractivity contribution in [1.82, 2.24) is 20.3 Å². The fourth-order valence-electron chi connectivity index (χ4n) is 7.87. The van der Waals surface area contributed by atoms with Gasteiger partial charge in [0.05, 0.1) is 12.3 Å². The van der Waals surface area contributed by atoms with Crippen LogP contribution in [0.3, 0.4) is 0 Å². The highest BCUT2D eigenvalue weighted by Crippen LogP contribution is 2.60. The minimum Gasteiger partial charge on any atom is -0.393 e. The van der Waals surface area contributed by atoms with Crippen LogP contribution in [0.1, 0.15) is 68.9 Å². The zero-order valence-corrected chi connectivity index (χ0v) is 21.9. The van der Waals surface area contributed by atoms with Gasteiger partial charge in [-0.15, -0.1) is 0 Å². The fraction of sp³-hybridized carbons (Fsp3) is 0.643. The Hall–Kier alpha value is -2.47. The van der Waals surface area contributed by atoms with Crippen molar-refractivity contribution in [2.45, 2.75) is 82.5 Å². The molecule has 0 saturated heterocycles. The molecule has 5 aliphatic rings. The van der Waals surface area contributed by atoms with Crippen molar-refractivity contribution in [3.05, 3.63) is 40.8 Å². The predicted octanol–water partition coefficient (Wildman–Crippen LogP) is 4.51. The molecule has 0 spiro atoms. The molecule has 0 amide bonds. The molecule has 2 heterocycles. The molecule has 5 fully saturated rings. The number of halogens is 1. The number of hydrogen-bond acceptors (Lipinski definition) is 8. The van der Waals surface area contributed by atoms with E-state index in [4.69, 9.17) is 11.6 Å². The van der Waals surface area contributed by atoms with E-state index in [0.717, 1.165) is 55.5 Å². The van der Waals surface area contributed by atoms with Crippen LogP contribution in [0.15, 0.2) is 24.7 Å². The smallest absolute Gasteiger partial charge is 0.224 e. The van der Waals surface area contributed by atoms with Crippen LogP contribution in [-0.2, 0) is 6.54 Å². The van der Waals surface area contributed by atoms with Crippen molar-refractivity contribution in [3.8, 4) is 6.07 Å². The molecule has 0 radical (unpaired) electrons. The van der Waals surface area contributed by atoms with Crippen molar-refractivity contribution < 1.29 is 5.11 Å². The van der Waals surface area contributed by atoms with E-state index in [2.05, 4.69) is 37.0 Å². The van der Waals surface area contributed by atoms with Crippen molar-refractivity contribution in [1.29, 1.82) is 5.26 Å². The molecule has 0 aromatic carbocycles. The number of aliphatic hydroxyl groups is 1. The highest BCUT2D eigenvalue weighted by atomic mass is 35.5. The lowest BCUT2D eigenvalue weighted by Crippen LogP contribution is -2.61. The maximum Gasteiger partial charge on any atom is 0.224 e. The molecule has 196 valence electrons. The second-order valence-corrected chi connectivity index (χ2v) is 12.3. The van der Waals surface area contributed by atoms with Gasteiger partial charge in [0.15, 0.2) is 0 Å². The summed E-state index contributed by atoms with van der Waals surface area (Å²) >= 11 is 6.25. The van der Waals surface area contributed by atoms with E-state index >= 15 is 0 Å². The molecule has 5 atom stereocenters. The third-order valence-electron chi connectivity index (χ3n) is 9.35. The van der Waals surface area contributed by atoms with Gasteiger partial charge in [0, 0.05) is 48.2 Å². The Balaban J connectivity index is 1.11. The summed E-state index contributed by atoms with van der Waals surface area (Å²) in [7, 11) is 0. The van der Waals surface area contributed by atoms with Crippen LogP contribution in [0.4, 0.5) is 11.8 Å². The largest absolute Gasteiger partial charge is 0.393 e. The number of anilines is 2. The zero-order valence-electron chi connectivity index (χ0n) is 21.2. The minimum atomic E-state index is -0.102. The Morgan fingerprint density at radius 1 is 1.08 bits per heavy atom. The Labute approximate surface area is 223 Å². The second kappa shape index (κ2) is 10.4. The summed E-state index contributed by atoms with van der Waals surface area (Å²) in [5.41, 5.74) is 1.60. The van der Waals surface area contributed by atoms with Crippen LogP contribution < -0.4 is 16.0 Å². The van der Waals surface area contributed by atoms with Gasteiger partial charge in [-0.3, -0.25) is 4.98 Å². The van der Waals surface area contributed by atoms with Crippen LogP contribution in [0.2, 0.25) is 5.02 Å². The van der Waals surface area contributed by atoms with E-state index < -0.39 is 0 Å². The molecule has 37 heavy (non-hydrogen) atoms. The number of rotatable bonds is 8. The van der Waals surface area contributed by atoms with E-state index in [-0.39, 0.29) is 11.5 Å². The first-order valence-electron chi connectivity index (χ1n) is 13.8. The Kier molecular flexibility index (Phi) is 6.95. The lowest BCUT2D eigenvalue weighted by molar-refractivity contribution is -0.0737. The van der Waals surface area contributed by atoms with Gasteiger partial charge in [-0.25, -0.2) is 4.98 Å². The van der Waals surface area contributed by atoms with Gasteiger partial charge in [-0.05, 0) is 87.0 Å². The predicted molar refractivity (Wildman–Crippen MR) is 143 cm³/mol. The standard InChI is InChI=1S/C28H36ClN7O/c29-24-5-6-31-13-21(24)15-33-27-32-14-20(12-30)26(36-27)34-16-28-9-17-7-18(10-28)25(19(8-17)11-28)35-22-1-3-23(37)4-2-22/h5-6,13-14,17-19,22-23,25,35,37H,1-4,7-11,15-16H2,(H2,32,33,34,36)/t17?,18-,19+,22?,23?,25?,28?. The molecule has 8 nitrogen and oxygen atoms in total. The minimum absolute atomic E-state index is 0.102. The summed E-state index contributed by atoms with van der Waals surface area (Å²) in [5.74, 6) is 3.33. The van der Waals surface area contributed by atoms with Gasteiger partial charge in [-0.1, -0.05) is 11.6 Å². The number of pyridine rings is 1. The number of nitrogens with one attached hydrogen (secondary N) is 3. The number of aromatic nitrogens is 3. The lowest BCUT2D eigenvalue weighted by Gasteiger charge is -2.61. The average Bonchev–Trinajstić information content (AvgIpc) is 2.90. The average molecular weight is 522 g/mol. The summed E-state index contributed by atoms with van der Waals surface area (Å²) in [4.78, 5) is 13.1. The van der Waals surface area contributed by atoms with E-state index in [1.165, 1.54) is 32.1 Å². The van der Waals surface area contributed by atoms with Crippen molar-refractivity contribution in [2.24, 2.45) is 23.2 Å². The molecule has 7 rings (SSSR count). The first-order chi connectivity index (χ1) is 18.0. The Morgan fingerprint density at radius 3 is 2.59 bits per heavy atom. The molecular formula is C28H36ClN7O. The van der Waals surface area contributed by atoms with Gasteiger partial charge in [0.2, 0.25) is 5.95 Å². The van der Waals surface area contributed by atoms with Crippen LogP contribution in [0.25, 0.3) is 0 Å². The molecular weight excluding hydrogens is 486 g/mol. The lowest BCUT2D eigenvalue weighted by atomic mass is 9.47. The third-order valence-corrected chi connectivity index (χ3v) is 9.71. The van der Waals surface area contributed by atoms with Crippen molar-refractivity contribution in [3.63, 3.8) is 0 Å². The highest BCUT2D eigenvalue weighted by molar-refractivity contribution is 6.31. The first-order valence-corrected chi connectivity index (χ1v) is 14.2. The van der Waals surface area contributed by atoms with E-state index in [1.807, 2.05) is 0 Å². The van der Waals surface area contributed by atoms with Gasteiger partial charge < -0.3 is 21.1 Å². The van der Waals surface area contributed by atoms with E-state index in [9.17, 15) is 10.4 Å². The molecule has 5 aliphatic carbocycles. The maximum atomic E-state index is 9.89. The zero-order chi connectivity index (χ0) is 25.4. The topological polar surface area (TPSA) is 119 Å². The van der Waals surface area contributed by atoms with Crippen LogP contribution in [-0.4, -0.2) is 44.8 Å². The fourth-order valence-corrected chi connectivity index (χ4v) is 8.04. The molecule has 9 heteroatoms. The van der Waals surface area contributed by atoms with Gasteiger partial charge >= 0.3 is 0 Å². The quantitative estimate of drug-likeness (QED) is 0.400. The van der Waals surface area contributed by atoms with E-state index in [1.54, 1.807) is 24.7 Å². The third kappa shape index (κ3) is 5.27. The number of hydrogen-bond donors (Lipinski definition) is 4. The summed E-state index contributed by atoms with van der Waals surface area (Å²) in [5, 5.41) is 31.1. The molecule has 2 aromatic heterocycles. The summed E-state index contributed by atoms with van der Waals surface area (Å²) < 4.78 is 0. The molecule has 5 saturated carbocycles. The molecule has 2 aromatic rings. The molecule has 3 unspecified atom stereocenters. The maximum absolute atomic E-state index is 9.89. The van der Waals surface area contributed by atoms with Crippen molar-refractivity contribution >= 4 is 23.4 Å². The van der Waals surface area contributed by atoms with Gasteiger partial charge in [0.25, 0.3) is 0 Å². The SMILES string of the molecule is N#Cc1cnc(NCc2cnccc2Cl)nc1NCC12CC3C[C@H](C1)C(NC1CCC(O)CC1)[C@@H](C3)C2. The summed E-state index contributed by atoms with van der Waals surface area (Å²) in [6, 6.07) is 5.19. The molecule has 0 aliphatic heterocycles. The Bertz CT molecular complexity index is 1150. The van der Waals surface area contributed by atoms with Crippen LogP contribution in [0, 0.1) is 34.5 Å². The number of nitrogens with zero attached hydrogens (tertiary/aromatic N) is 4. The first kappa shape index (κ1) is 24.8. The molecule has 4 N–H and O–H groups in total. The van der Waals surface area contributed by atoms with Gasteiger partial charge in [0.1, 0.15) is 17.5 Å². The highest BCUT2D eigenvalue weighted by Gasteiger charge is 2.55. The second-order valence-electron chi connectivity index (χ2n) is 11.9. The van der Waals surface area contributed by atoms with E-state index in [0.29, 0.717) is 41.0 Å². The summed E-state index contributed by atoms with van der Waals surface area (Å²) in [6.07, 6.45) is 15.4. The van der Waals surface area contributed by atoms with Crippen molar-refractivity contribution in [2.75, 3.05) is 17.2 Å². The van der Waals surface area contributed by atoms with Crippen LogP contribution in [0.5, 0.6) is 0 Å².